The van der Waals surface area contributed by atoms with Gasteiger partial charge >= 0.3 is 0 Å². The molecule has 0 saturated heterocycles. The van der Waals surface area contributed by atoms with Gasteiger partial charge in [-0.05, 0) is 6.92 Å². The smallest absolute Gasteiger partial charge is 0.108 e. The Labute approximate surface area is 66.7 Å². The summed E-state index contributed by atoms with van der Waals surface area (Å²) in [4.78, 5) is 9.31. The Bertz CT molecular complexity index is 76.2. The van der Waals surface area contributed by atoms with Crippen LogP contribution in [-0.4, -0.2) is 33.0 Å². The summed E-state index contributed by atoms with van der Waals surface area (Å²) >= 11 is 0. The second-order valence-electron chi connectivity index (χ2n) is 1.93. The molecule has 0 aromatic carbocycles. The summed E-state index contributed by atoms with van der Waals surface area (Å²) in [6.45, 7) is 3.31. The van der Waals surface area contributed by atoms with Crippen LogP contribution in [0.25, 0.3) is 0 Å². The number of rotatable bonds is 7. The van der Waals surface area contributed by atoms with Crippen molar-refractivity contribution in [2.24, 2.45) is 5.90 Å². The summed E-state index contributed by atoms with van der Waals surface area (Å²) in [5.41, 5.74) is 2.54. The number of hydrogen-bond donors (Lipinski definition) is 2. The topological polar surface area (TPSA) is 65.7 Å². The van der Waals surface area contributed by atoms with Gasteiger partial charge in [-0.25, -0.2) is 11.4 Å². The first kappa shape index (κ1) is 10.8. The van der Waals surface area contributed by atoms with Crippen LogP contribution in [-0.2, 0) is 14.4 Å². The highest BCUT2D eigenvalue weighted by Crippen LogP contribution is 1.91. The van der Waals surface area contributed by atoms with Crippen LogP contribution in [0.3, 0.4) is 0 Å². The maximum atomic E-state index is 5.21. The largest absolute Gasteiger partial charge is 0.374 e. The lowest BCUT2D eigenvalue weighted by Gasteiger charge is -2.14. The maximum absolute atomic E-state index is 5.21. The molecule has 0 aliphatic carbocycles. The molecule has 0 amide bonds. The quantitative estimate of drug-likeness (QED) is 0.493. The van der Waals surface area contributed by atoms with Crippen molar-refractivity contribution >= 4 is 0 Å². The monoisotopic (exact) mass is 164 g/mol. The molecule has 11 heavy (non-hydrogen) atoms. The predicted molar refractivity (Wildman–Crippen MR) is 40.6 cm³/mol. The molecule has 0 saturated carbocycles. The molecular formula is C6H16N2O3. The molecule has 5 heteroatoms. The van der Waals surface area contributed by atoms with E-state index >= 15 is 0 Å². The van der Waals surface area contributed by atoms with E-state index in [0.29, 0.717) is 19.8 Å². The molecule has 1 unspecified atom stereocenters. The van der Waals surface area contributed by atoms with Gasteiger partial charge in [-0.15, -0.1) is 0 Å². The molecule has 0 heterocycles. The first-order chi connectivity index (χ1) is 5.35. The van der Waals surface area contributed by atoms with Crippen LogP contribution < -0.4 is 11.4 Å². The van der Waals surface area contributed by atoms with Crippen LogP contribution in [0.1, 0.15) is 6.92 Å². The third-order valence-electron chi connectivity index (χ3n) is 1.10. The molecule has 0 rings (SSSR count). The highest BCUT2D eigenvalue weighted by atomic mass is 16.7. The third kappa shape index (κ3) is 6.21. The lowest BCUT2D eigenvalue weighted by atomic mass is 10.4. The van der Waals surface area contributed by atoms with E-state index in [4.69, 9.17) is 15.5 Å². The summed E-state index contributed by atoms with van der Waals surface area (Å²) in [5.74, 6) is 4.88. The Morgan fingerprint density at radius 1 is 1.45 bits per heavy atom. The second-order valence-corrected chi connectivity index (χ2v) is 1.93. The van der Waals surface area contributed by atoms with Gasteiger partial charge in [-0.3, -0.25) is 4.84 Å². The van der Waals surface area contributed by atoms with Crippen molar-refractivity contribution in [3.05, 3.63) is 0 Å². The van der Waals surface area contributed by atoms with E-state index in [9.17, 15) is 0 Å². The summed E-state index contributed by atoms with van der Waals surface area (Å²) in [6, 6.07) is 0. The van der Waals surface area contributed by atoms with E-state index in [-0.39, 0.29) is 6.10 Å². The Morgan fingerprint density at radius 2 is 2.18 bits per heavy atom. The predicted octanol–water partition coefficient (Wildman–Crippen LogP) is -0.567. The zero-order valence-corrected chi connectivity index (χ0v) is 7.00. The zero-order chi connectivity index (χ0) is 8.53. The van der Waals surface area contributed by atoms with Crippen LogP contribution in [0.4, 0.5) is 0 Å². The van der Waals surface area contributed by atoms with Crippen molar-refractivity contribution in [2.75, 3.05) is 26.9 Å². The number of hydroxylamine groups is 1. The number of nitrogens with one attached hydrogen (secondary N) is 1. The van der Waals surface area contributed by atoms with Gasteiger partial charge in [0, 0.05) is 13.7 Å². The van der Waals surface area contributed by atoms with Gasteiger partial charge in [0.2, 0.25) is 0 Å². The van der Waals surface area contributed by atoms with Crippen LogP contribution in [0.15, 0.2) is 0 Å². The highest BCUT2D eigenvalue weighted by molar-refractivity contribution is 4.52. The molecule has 0 aromatic rings. The van der Waals surface area contributed by atoms with Gasteiger partial charge in [0.05, 0.1) is 13.2 Å². The van der Waals surface area contributed by atoms with E-state index in [2.05, 4.69) is 10.3 Å². The molecule has 0 bridgehead atoms. The SMILES string of the molecule is CCOC(CON)CONC. The van der Waals surface area contributed by atoms with E-state index in [1.54, 1.807) is 7.05 Å². The summed E-state index contributed by atoms with van der Waals surface area (Å²) in [6.07, 6.45) is -0.0996. The number of hydrogen-bond acceptors (Lipinski definition) is 5. The van der Waals surface area contributed by atoms with Crippen molar-refractivity contribution in [3.63, 3.8) is 0 Å². The first-order valence-electron chi connectivity index (χ1n) is 3.57. The fourth-order valence-electron chi connectivity index (χ4n) is 0.664. The normalized spacial score (nSPS) is 13.4. The molecule has 0 fully saturated rings. The molecule has 3 N–H and O–H groups in total. The van der Waals surface area contributed by atoms with Gasteiger partial charge in [0.15, 0.2) is 0 Å². The third-order valence-corrected chi connectivity index (χ3v) is 1.10. The number of nitrogens with two attached hydrogens (primary N) is 1. The van der Waals surface area contributed by atoms with Crippen LogP contribution in [0.5, 0.6) is 0 Å². The fourth-order valence-corrected chi connectivity index (χ4v) is 0.664. The Balaban J connectivity index is 3.34. The summed E-state index contributed by atoms with van der Waals surface area (Å²) in [7, 11) is 1.69. The fraction of sp³-hybridized carbons (Fsp3) is 1.00. The molecule has 68 valence electrons. The minimum atomic E-state index is -0.0996. The summed E-state index contributed by atoms with van der Waals surface area (Å²) < 4.78 is 5.21. The zero-order valence-electron chi connectivity index (χ0n) is 7.00. The van der Waals surface area contributed by atoms with Gasteiger partial charge in [0.25, 0.3) is 0 Å². The summed E-state index contributed by atoms with van der Waals surface area (Å²) in [5, 5.41) is 0. The minimum absolute atomic E-state index is 0.0996. The maximum Gasteiger partial charge on any atom is 0.108 e. The lowest BCUT2D eigenvalue weighted by molar-refractivity contribution is -0.0760. The van der Waals surface area contributed by atoms with Crippen molar-refractivity contribution in [2.45, 2.75) is 13.0 Å². The Morgan fingerprint density at radius 3 is 2.64 bits per heavy atom. The molecule has 0 aliphatic rings. The molecule has 1 atom stereocenters. The molecule has 0 spiro atoms. The Hall–Kier alpha value is -0.200. The minimum Gasteiger partial charge on any atom is -0.374 e. The Kier molecular flexibility index (Phi) is 7.76. The number of ether oxygens (including phenoxy) is 1. The second kappa shape index (κ2) is 7.90. The van der Waals surface area contributed by atoms with Crippen molar-refractivity contribution in [1.82, 2.24) is 5.48 Å². The standard InChI is InChI=1S/C6H16N2O3/c1-3-9-6(4-10-7)5-11-8-2/h6,8H,3-5,7H2,1-2H3. The average molecular weight is 164 g/mol. The molecule has 0 aromatic heterocycles. The van der Waals surface area contributed by atoms with Crippen molar-refractivity contribution in [1.29, 1.82) is 0 Å². The van der Waals surface area contributed by atoms with Crippen molar-refractivity contribution < 1.29 is 14.4 Å². The van der Waals surface area contributed by atoms with Gasteiger partial charge < -0.3 is 9.57 Å². The molecule has 5 nitrogen and oxygen atoms in total. The molecule has 0 aliphatic heterocycles. The van der Waals surface area contributed by atoms with Gasteiger partial charge in [0.1, 0.15) is 6.10 Å². The van der Waals surface area contributed by atoms with E-state index in [1.165, 1.54) is 0 Å². The van der Waals surface area contributed by atoms with Crippen LogP contribution >= 0.6 is 0 Å². The van der Waals surface area contributed by atoms with E-state index < -0.39 is 0 Å². The highest BCUT2D eigenvalue weighted by Gasteiger charge is 2.07. The first-order valence-corrected chi connectivity index (χ1v) is 3.57. The van der Waals surface area contributed by atoms with Crippen LogP contribution in [0.2, 0.25) is 0 Å². The molecule has 0 radical (unpaired) electrons. The van der Waals surface area contributed by atoms with Gasteiger partial charge in [-0.1, -0.05) is 0 Å². The molecular weight excluding hydrogens is 148 g/mol. The lowest BCUT2D eigenvalue weighted by Crippen LogP contribution is -2.29. The van der Waals surface area contributed by atoms with E-state index in [1.807, 2.05) is 6.92 Å². The van der Waals surface area contributed by atoms with Crippen molar-refractivity contribution in [3.8, 4) is 0 Å². The average Bonchev–Trinajstić information content (AvgIpc) is 2.01. The van der Waals surface area contributed by atoms with Gasteiger partial charge in [-0.2, -0.15) is 0 Å². The van der Waals surface area contributed by atoms with Crippen LogP contribution in [0, 0.1) is 0 Å². The van der Waals surface area contributed by atoms with E-state index in [0.717, 1.165) is 0 Å².